The molecule has 0 saturated heterocycles. The van der Waals surface area contributed by atoms with E-state index in [0.29, 0.717) is 6.04 Å². The van der Waals surface area contributed by atoms with Crippen LogP contribution in [-0.4, -0.2) is 7.05 Å². The van der Waals surface area contributed by atoms with E-state index in [1.54, 1.807) is 0 Å². The molecule has 0 aliphatic heterocycles. The molecule has 1 nitrogen and oxygen atoms in total. The van der Waals surface area contributed by atoms with Crippen molar-refractivity contribution in [2.45, 2.75) is 18.9 Å². The summed E-state index contributed by atoms with van der Waals surface area (Å²) in [5.74, 6) is 0. The molecular formula is C10H12BrN. The minimum atomic E-state index is 0.567. The van der Waals surface area contributed by atoms with Gasteiger partial charge in [0.05, 0.1) is 0 Å². The zero-order valence-corrected chi connectivity index (χ0v) is 8.69. The number of hydrogen-bond donors (Lipinski definition) is 1. The molecule has 12 heavy (non-hydrogen) atoms. The van der Waals surface area contributed by atoms with Gasteiger partial charge in [-0.3, -0.25) is 0 Å². The smallest absolute Gasteiger partial charge is 0.0323 e. The first-order valence-corrected chi connectivity index (χ1v) is 5.07. The van der Waals surface area contributed by atoms with Crippen LogP contribution in [0.15, 0.2) is 22.7 Å². The summed E-state index contributed by atoms with van der Waals surface area (Å²) in [6, 6.07) is 7.02. The third-order valence-electron chi connectivity index (χ3n) is 2.56. The Labute approximate surface area is 81.3 Å². The lowest BCUT2D eigenvalue weighted by Gasteiger charge is -2.09. The second-order valence-electron chi connectivity index (χ2n) is 3.19. The first-order valence-electron chi connectivity index (χ1n) is 4.27. The Kier molecular flexibility index (Phi) is 2.20. The minimum Gasteiger partial charge on any atom is -0.313 e. The maximum absolute atomic E-state index is 3.58. The van der Waals surface area contributed by atoms with Crippen molar-refractivity contribution < 1.29 is 0 Å². The lowest BCUT2D eigenvalue weighted by molar-refractivity contribution is 0.590. The first-order chi connectivity index (χ1) is 5.83. The van der Waals surface area contributed by atoms with Crippen LogP contribution in [0.2, 0.25) is 0 Å². The van der Waals surface area contributed by atoms with Crippen LogP contribution < -0.4 is 5.32 Å². The third kappa shape index (κ3) is 1.19. The molecule has 1 unspecified atom stereocenters. The summed E-state index contributed by atoms with van der Waals surface area (Å²) in [5.41, 5.74) is 2.95. The summed E-state index contributed by atoms with van der Waals surface area (Å²) < 4.78 is 1.26. The Hall–Kier alpha value is -0.340. The molecule has 64 valence electrons. The fourth-order valence-corrected chi connectivity index (χ4v) is 2.49. The van der Waals surface area contributed by atoms with E-state index in [2.05, 4.69) is 39.4 Å². The summed E-state index contributed by atoms with van der Waals surface area (Å²) in [5, 5.41) is 3.33. The van der Waals surface area contributed by atoms with Crippen LogP contribution in [0.4, 0.5) is 0 Å². The summed E-state index contributed by atoms with van der Waals surface area (Å²) in [6.07, 6.45) is 2.43. The molecule has 0 aromatic heterocycles. The highest BCUT2D eigenvalue weighted by atomic mass is 79.9. The van der Waals surface area contributed by atoms with Crippen molar-refractivity contribution in [3.63, 3.8) is 0 Å². The second-order valence-corrected chi connectivity index (χ2v) is 4.04. The maximum atomic E-state index is 3.58. The second kappa shape index (κ2) is 3.19. The summed E-state index contributed by atoms with van der Waals surface area (Å²) >= 11 is 3.58. The van der Waals surface area contributed by atoms with E-state index in [1.807, 2.05) is 7.05 Å². The predicted octanol–water partition coefficient (Wildman–Crippen LogP) is 2.66. The number of fused-ring (bicyclic) bond motifs is 1. The van der Waals surface area contributed by atoms with Crippen molar-refractivity contribution in [3.05, 3.63) is 33.8 Å². The predicted molar refractivity (Wildman–Crippen MR) is 54.3 cm³/mol. The molecule has 0 heterocycles. The molecule has 1 atom stereocenters. The van der Waals surface area contributed by atoms with Crippen LogP contribution in [0.1, 0.15) is 23.6 Å². The van der Waals surface area contributed by atoms with Crippen LogP contribution in [-0.2, 0) is 6.42 Å². The first kappa shape index (κ1) is 8.27. The number of rotatable bonds is 1. The molecule has 1 aliphatic carbocycles. The lowest BCUT2D eigenvalue weighted by Crippen LogP contribution is -2.12. The Balaban J connectivity index is 2.46. The highest BCUT2D eigenvalue weighted by Crippen LogP contribution is 2.34. The molecule has 2 heteroatoms. The number of benzene rings is 1. The number of halogens is 1. The molecule has 0 bridgehead atoms. The lowest BCUT2D eigenvalue weighted by atomic mass is 10.1. The molecule has 1 aromatic rings. The zero-order valence-electron chi connectivity index (χ0n) is 7.10. The van der Waals surface area contributed by atoms with Gasteiger partial charge in [-0.15, -0.1) is 0 Å². The number of hydrogen-bond acceptors (Lipinski definition) is 1. The van der Waals surface area contributed by atoms with Crippen LogP contribution in [0, 0.1) is 0 Å². The molecule has 1 aromatic carbocycles. The van der Waals surface area contributed by atoms with Gasteiger partial charge in [-0.25, -0.2) is 0 Å². The van der Waals surface area contributed by atoms with Crippen molar-refractivity contribution in [3.8, 4) is 0 Å². The largest absolute Gasteiger partial charge is 0.313 e. The van der Waals surface area contributed by atoms with Crippen LogP contribution in [0.5, 0.6) is 0 Å². The highest BCUT2D eigenvalue weighted by molar-refractivity contribution is 9.10. The SMILES string of the molecule is CNC1CCc2c(Br)cccc21. The minimum absolute atomic E-state index is 0.567. The molecular weight excluding hydrogens is 214 g/mol. The van der Waals surface area contributed by atoms with Crippen molar-refractivity contribution >= 4 is 15.9 Å². The molecule has 0 radical (unpaired) electrons. The molecule has 1 aliphatic rings. The topological polar surface area (TPSA) is 12.0 Å². The Morgan fingerprint density at radius 3 is 3.08 bits per heavy atom. The van der Waals surface area contributed by atoms with Crippen molar-refractivity contribution in [2.75, 3.05) is 7.05 Å². The summed E-state index contributed by atoms with van der Waals surface area (Å²) in [7, 11) is 2.03. The third-order valence-corrected chi connectivity index (χ3v) is 3.30. The van der Waals surface area contributed by atoms with E-state index < -0.39 is 0 Å². The van der Waals surface area contributed by atoms with E-state index in [9.17, 15) is 0 Å². The Morgan fingerprint density at radius 1 is 1.50 bits per heavy atom. The number of nitrogens with one attached hydrogen (secondary N) is 1. The fourth-order valence-electron chi connectivity index (χ4n) is 1.91. The standard InChI is InChI=1S/C10H12BrN/c1-12-10-6-5-7-8(10)3-2-4-9(7)11/h2-4,10,12H,5-6H2,1H3. The van der Waals surface area contributed by atoms with E-state index in [4.69, 9.17) is 0 Å². The fraction of sp³-hybridized carbons (Fsp3) is 0.400. The van der Waals surface area contributed by atoms with Crippen molar-refractivity contribution in [1.29, 1.82) is 0 Å². The molecule has 1 N–H and O–H groups in total. The quantitative estimate of drug-likeness (QED) is 0.776. The molecule has 0 amide bonds. The van der Waals surface area contributed by atoms with Gasteiger partial charge < -0.3 is 5.32 Å². The zero-order chi connectivity index (χ0) is 8.55. The Bertz CT molecular complexity index is 296. The van der Waals surface area contributed by atoms with Gasteiger partial charge in [-0.1, -0.05) is 28.1 Å². The highest BCUT2D eigenvalue weighted by Gasteiger charge is 2.21. The van der Waals surface area contributed by atoms with Gasteiger partial charge in [0.15, 0.2) is 0 Å². The van der Waals surface area contributed by atoms with Crippen LogP contribution in [0.25, 0.3) is 0 Å². The summed E-state index contributed by atoms with van der Waals surface area (Å²) in [4.78, 5) is 0. The van der Waals surface area contributed by atoms with Gasteiger partial charge in [-0.05, 0) is 37.1 Å². The average Bonchev–Trinajstić information content (AvgIpc) is 2.49. The van der Waals surface area contributed by atoms with E-state index in [1.165, 1.54) is 28.4 Å². The normalized spacial score (nSPS) is 21.0. The van der Waals surface area contributed by atoms with Gasteiger partial charge in [0.1, 0.15) is 0 Å². The van der Waals surface area contributed by atoms with Gasteiger partial charge in [0.25, 0.3) is 0 Å². The van der Waals surface area contributed by atoms with E-state index in [0.717, 1.165) is 0 Å². The van der Waals surface area contributed by atoms with Gasteiger partial charge in [0, 0.05) is 10.5 Å². The molecule has 0 fully saturated rings. The summed E-state index contributed by atoms with van der Waals surface area (Å²) in [6.45, 7) is 0. The van der Waals surface area contributed by atoms with Gasteiger partial charge in [-0.2, -0.15) is 0 Å². The van der Waals surface area contributed by atoms with Crippen LogP contribution in [0.3, 0.4) is 0 Å². The van der Waals surface area contributed by atoms with E-state index in [-0.39, 0.29) is 0 Å². The molecule has 0 saturated carbocycles. The molecule has 0 spiro atoms. The van der Waals surface area contributed by atoms with Crippen molar-refractivity contribution in [1.82, 2.24) is 5.32 Å². The Morgan fingerprint density at radius 2 is 2.33 bits per heavy atom. The average molecular weight is 226 g/mol. The molecule has 2 rings (SSSR count). The monoisotopic (exact) mass is 225 g/mol. The van der Waals surface area contributed by atoms with Gasteiger partial charge in [0.2, 0.25) is 0 Å². The maximum Gasteiger partial charge on any atom is 0.0323 e. The van der Waals surface area contributed by atoms with Gasteiger partial charge >= 0.3 is 0 Å². The van der Waals surface area contributed by atoms with E-state index >= 15 is 0 Å². The van der Waals surface area contributed by atoms with Crippen molar-refractivity contribution in [2.24, 2.45) is 0 Å². The van der Waals surface area contributed by atoms with Crippen LogP contribution >= 0.6 is 15.9 Å².